The van der Waals surface area contributed by atoms with E-state index in [4.69, 9.17) is 21.2 Å². The number of esters is 1. The van der Waals surface area contributed by atoms with Crippen LogP contribution in [0.25, 0.3) is 16.5 Å². The minimum Gasteiger partial charge on any atom is -0.459 e. The summed E-state index contributed by atoms with van der Waals surface area (Å²) in [6.45, 7) is 3.49. The van der Waals surface area contributed by atoms with Crippen LogP contribution in [-0.2, 0) is 52.9 Å². The molecule has 1 aliphatic heterocycles. The van der Waals surface area contributed by atoms with Gasteiger partial charge in [0.15, 0.2) is 11.4 Å². The first kappa shape index (κ1) is 46.7. The molecule has 3 aromatic rings. The van der Waals surface area contributed by atoms with E-state index in [1.165, 1.54) is 6.07 Å². The number of aryl methyl sites for hydroxylation is 1. The van der Waals surface area contributed by atoms with Gasteiger partial charge in [0, 0.05) is 37.4 Å². The first-order chi connectivity index (χ1) is 30.3. The molecule has 1 aromatic heterocycles. The molecule has 0 fully saturated rings. The molecule has 2 aliphatic carbocycles. The van der Waals surface area contributed by atoms with E-state index in [0.29, 0.717) is 65.7 Å². The van der Waals surface area contributed by atoms with Gasteiger partial charge in [-0.15, -0.1) is 0 Å². The summed E-state index contributed by atoms with van der Waals surface area (Å²) in [7, 11) is 0. The standard InChI is InChI=1S/C47H58FN7O8/c1-3-47(62)34-21-29(20-30(34)26-63-46(47)61)44-33(23-50)43-36(16-15-31-27(2)35(48)22-37(55-44)42(31)43)54-40(58)14-10-18-51-41(59)25-53-45(60)32(19-28-11-6-4-7-12-28)38(56)24-52-39(57)13-8-5-9-17-49/h4,6-7,11-12,21-22,32,36,62H,3,5,8-10,13-20,23-26,49-50H2,1-2H3,(H,51,59)(H,52,57)(H,53,60)(H,54,58)/t32?,36-,47-/m0/s1. The largest absolute Gasteiger partial charge is 0.459 e. The number of ketones is 1. The summed E-state index contributed by atoms with van der Waals surface area (Å²) in [4.78, 5) is 82.6. The molecule has 0 saturated carbocycles. The summed E-state index contributed by atoms with van der Waals surface area (Å²) < 4.78 is 20.6. The van der Waals surface area contributed by atoms with E-state index < -0.39 is 53.5 Å². The van der Waals surface area contributed by atoms with Gasteiger partial charge in [-0.3, -0.25) is 24.0 Å². The lowest BCUT2D eigenvalue weighted by molar-refractivity contribution is -0.162. The van der Waals surface area contributed by atoms with Crippen LogP contribution in [0, 0.1) is 18.7 Å². The minimum atomic E-state index is -1.79. The molecule has 16 heteroatoms. The normalized spacial score (nSPS) is 18.3. The Morgan fingerprint density at radius 1 is 0.984 bits per heavy atom. The molecular weight excluding hydrogens is 810 g/mol. The Balaban J connectivity index is 1.06. The maximum atomic E-state index is 15.3. The first-order valence-corrected chi connectivity index (χ1v) is 21.8. The van der Waals surface area contributed by atoms with Crippen LogP contribution in [0.5, 0.6) is 0 Å². The van der Waals surface area contributed by atoms with Crippen LogP contribution >= 0.6 is 0 Å². The molecule has 3 aliphatic rings. The van der Waals surface area contributed by atoms with Crippen molar-refractivity contribution in [2.24, 2.45) is 17.4 Å². The third-order valence-corrected chi connectivity index (χ3v) is 12.3. The second-order valence-corrected chi connectivity index (χ2v) is 16.5. The van der Waals surface area contributed by atoms with E-state index >= 15 is 4.39 Å². The van der Waals surface area contributed by atoms with Crippen molar-refractivity contribution in [3.63, 3.8) is 0 Å². The lowest BCUT2D eigenvalue weighted by Crippen LogP contribution is -2.45. The lowest BCUT2D eigenvalue weighted by Gasteiger charge is -2.31. The third-order valence-electron chi connectivity index (χ3n) is 12.3. The Morgan fingerprint density at radius 3 is 2.48 bits per heavy atom. The number of unbranched alkanes of at least 4 members (excludes halogenated alkanes) is 2. The fourth-order valence-corrected chi connectivity index (χ4v) is 8.75. The fraction of sp³-hybridized carbons (Fsp3) is 0.468. The third kappa shape index (κ3) is 10.7. The maximum absolute atomic E-state index is 15.3. The summed E-state index contributed by atoms with van der Waals surface area (Å²) in [5.41, 5.74) is 16.5. The number of amides is 4. The van der Waals surface area contributed by atoms with Gasteiger partial charge in [0.05, 0.1) is 30.3 Å². The Kier molecular flexibility index (Phi) is 15.6. The molecule has 336 valence electrons. The number of cyclic esters (lactones) is 1. The molecule has 0 radical (unpaired) electrons. The highest BCUT2D eigenvalue weighted by Crippen LogP contribution is 2.46. The zero-order chi connectivity index (χ0) is 45.3. The quantitative estimate of drug-likeness (QED) is 0.0466. The van der Waals surface area contributed by atoms with Crippen molar-refractivity contribution in [3.8, 4) is 0 Å². The highest BCUT2D eigenvalue weighted by atomic mass is 19.1. The summed E-state index contributed by atoms with van der Waals surface area (Å²) in [5.74, 6) is -4.42. The average molecular weight is 868 g/mol. The van der Waals surface area contributed by atoms with Crippen molar-refractivity contribution in [3.05, 3.63) is 92.9 Å². The summed E-state index contributed by atoms with van der Waals surface area (Å²) in [6.07, 6.45) is 6.14. The van der Waals surface area contributed by atoms with Crippen LogP contribution in [-0.4, -0.2) is 83.9 Å². The number of nitrogens with zero attached hydrogens (tertiary/aromatic N) is 1. The molecule has 9 N–H and O–H groups in total. The molecule has 0 spiro atoms. The summed E-state index contributed by atoms with van der Waals surface area (Å²) in [6, 6.07) is 9.90. The lowest BCUT2D eigenvalue weighted by atomic mass is 9.80. The number of pyridine rings is 1. The van der Waals surface area contributed by atoms with Crippen molar-refractivity contribution in [2.75, 3.05) is 32.8 Å². The maximum Gasteiger partial charge on any atom is 0.343 e. The van der Waals surface area contributed by atoms with Gasteiger partial charge in [0.25, 0.3) is 0 Å². The minimum absolute atomic E-state index is 0.0375. The summed E-state index contributed by atoms with van der Waals surface area (Å²) in [5, 5.41) is 23.0. The smallest absolute Gasteiger partial charge is 0.343 e. The number of nitrogens with two attached hydrogens (primary N) is 2. The highest BCUT2D eigenvalue weighted by molar-refractivity contribution is 6.04. The fourth-order valence-electron chi connectivity index (χ4n) is 8.75. The summed E-state index contributed by atoms with van der Waals surface area (Å²) >= 11 is 0. The number of aromatic nitrogens is 1. The molecule has 1 unspecified atom stereocenters. The number of nitrogens with one attached hydrogen (secondary N) is 4. The zero-order valence-electron chi connectivity index (χ0n) is 36.0. The first-order valence-electron chi connectivity index (χ1n) is 21.8. The Hall–Kier alpha value is -5.84. The van der Waals surface area contributed by atoms with Crippen LogP contribution in [0.2, 0.25) is 0 Å². The number of aliphatic hydroxyl groups is 1. The Morgan fingerprint density at radius 2 is 1.75 bits per heavy atom. The molecule has 6 rings (SSSR count). The van der Waals surface area contributed by atoms with Crippen LogP contribution in [0.15, 0.2) is 53.6 Å². The SMILES string of the molecule is CC[C@@]1(O)C(=O)OCC2=C1C=C(c1nc3cc(F)c(C)c4c3c(c1CN)[C@@H](NC(=O)CCCNC(=O)CNC(=O)C(Cc1ccccc1)C(=O)CNC(=O)CCCCCN)CC4)C2. The molecule has 2 heterocycles. The van der Waals surface area contributed by atoms with Gasteiger partial charge in [-0.1, -0.05) is 43.7 Å². The van der Waals surface area contributed by atoms with Crippen molar-refractivity contribution >= 4 is 51.9 Å². The molecule has 0 saturated heterocycles. The highest BCUT2D eigenvalue weighted by Gasteiger charge is 2.46. The molecule has 63 heavy (non-hydrogen) atoms. The van der Waals surface area contributed by atoms with E-state index in [9.17, 15) is 33.9 Å². The Bertz CT molecular complexity index is 2330. The number of carbonyl (C=O) groups is 6. The van der Waals surface area contributed by atoms with Gasteiger partial charge in [0.1, 0.15) is 18.3 Å². The number of benzene rings is 2. The second kappa shape index (κ2) is 21.0. The number of ether oxygens (including phenoxy) is 1. The van der Waals surface area contributed by atoms with E-state index in [2.05, 4.69) is 21.3 Å². The van der Waals surface area contributed by atoms with Crippen molar-refractivity contribution in [1.29, 1.82) is 0 Å². The molecule has 2 aromatic carbocycles. The van der Waals surface area contributed by atoms with Gasteiger partial charge >= 0.3 is 5.97 Å². The molecule has 4 amide bonds. The number of hydrogen-bond donors (Lipinski definition) is 7. The van der Waals surface area contributed by atoms with Gasteiger partial charge in [-0.25, -0.2) is 14.2 Å². The number of Topliss-reactive ketones (excluding diaryl/α,β-unsaturated/α-hetero) is 1. The van der Waals surface area contributed by atoms with E-state index in [0.717, 1.165) is 40.5 Å². The van der Waals surface area contributed by atoms with E-state index in [1.54, 1.807) is 44.2 Å². The van der Waals surface area contributed by atoms with Crippen LogP contribution in [0.4, 0.5) is 4.39 Å². The van der Waals surface area contributed by atoms with E-state index in [1.807, 2.05) is 6.07 Å². The van der Waals surface area contributed by atoms with Gasteiger partial charge in [-0.05, 0) is 115 Å². The number of allylic oxidation sites excluding steroid dienone is 1. The number of carbonyl (C=O) groups excluding carboxylic acids is 6. The zero-order valence-corrected chi connectivity index (χ0v) is 36.0. The van der Waals surface area contributed by atoms with Crippen molar-refractivity contribution in [1.82, 2.24) is 26.3 Å². The van der Waals surface area contributed by atoms with Crippen LogP contribution in [0.3, 0.4) is 0 Å². The number of rotatable bonds is 21. The predicted octanol–water partition coefficient (Wildman–Crippen LogP) is 3.10. The predicted molar refractivity (Wildman–Crippen MR) is 234 cm³/mol. The topological polar surface area (TPSA) is 245 Å². The van der Waals surface area contributed by atoms with Gasteiger partial charge < -0.3 is 42.6 Å². The van der Waals surface area contributed by atoms with Crippen LogP contribution in [0.1, 0.15) is 104 Å². The number of halogens is 1. The second-order valence-electron chi connectivity index (χ2n) is 16.5. The average Bonchev–Trinajstić information content (AvgIpc) is 3.73. The van der Waals surface area contributed by atoms with E-state index in [-0.39, 0.29) is 70.2 Å². The molecular formula is C47H58FN7O8. The van der Waals surface area contributed by atoms with Crippen LogP contribution < -0.4 is 32.7 Å². The van der Waals surface area contributed by atoms with Crippen molar-refractivity contribution < 1.29 is 43.0 Å². The van der Waals surface area contributed by atoms with Gasteiger partial charge in [-0.2, -0.15) is 0 Å². The molecule has 0 bridgehead atoms. The number of hydrogen-bond acceptors (Lipinski definition) is 11. The Labute approximate surface area is 366 Å². The molecule has 15 nitrogen and oxygen atoms in total. The van der Waals surface area contributed by atoms with Crippen molar-refractivity contribution in [2.45, 2.75) is 103 Å². The van der Waals surface area contributed by atoms with Gasteiger partial charge in [0.2, 0.25) is 23.6 Å². The monoisotopic (exact) mass is 867 g/mol. The molecule has 3 atom stereocenters.